The van der Waals surface area contributed by atoms with E-state index in [0.717, 1.165) is 17.4 Å². The standard InChI is InChI=1S/C15H15N5O4S/c1-10-3-2-4-15-18-11(9-19(10)15)8-17-13-6-5-12(20(21)22)7-14(13)25(16,23)24/h2-7,9,17H,8H2,1H3,(H2,16,23,24). The van der Waals surface area contributed by atoms with Gasteiger partial charge in [-0.1, -0.05) is 6.07 Å². The summed E-state index contributed by atoms with van der Waals surface area (Å²) in [5.74, 6) is 0. The van der Waals surface area contributed by atoms with Gasteiger partial charge >= 0.3 is 0 Å². The Bertz CT molecular complexity index is 1070. The van der Waals surface area contributed by atoms with Gasteiger partial charge in [-0.15, -0.1) is 0 Å². The largest absolute Gasteiger partial charge is 0.378 e. The molecule has 9 nitrogen and oxygen atoms in total. The third kappa shape index (κ3) is 3.44. The molecule has 0 fully saturated rings. The normalized spacial score (nSPS) is 11.6. The van der Waals surface area contributed by atoms with Crippen LogP contribution in [-0.4, -0.2) is 22.7 Å². The fraction of sp³-hybridized carbons (Fsp3) is 0.133. The first-order chi connectivity index (χ1) is 11.8. The predicted octanol–water partition coefficient (Wildman–Crippen LogP) is 1.81. The fourth-order valence-electron chi connectivity index (χ4n) is 2.48. The third-order valence-electron chi connectivity index (χ3n) is 3.69. The fourth-order valence-corrected chi connectivity index (χ4v) is 3.21. The molecule has 2 aromatic heterocycles. The van der Waals surface area contributed by atoms with E-state index in [-0.39, 0.29) is 22.8 Å². The Hall–Kier alpha value is -2.98. The van der Waals surface area contributed by atoms with Crippen molar-refractivity contribution in [1.29, 1.82) is 0 Å². The average molecular weight is 361 g/mol. The molecule has 0 bridgehead atoms. The van der Waals surface area contributed by atoms with Crippen molar-refractivity contribution in [3.63, 3.8) is 0 Å². The van der Waals surface area contributed by atoms with Crippen LogP contribution in [0.4, 0.5) is 11.4 Å². The molecule has 0 unspecified atom stereocenters. The number of fused-ring (bicyclic) bond motifs is 1. The van der Waals surface area contributed by atoms with Gasteiger partial charge in [-0.3, -0.25) is 10.1 Å². The van der Waals surface area contributed by atoms with Gasteiger partial charge in [-0.25, -0.2) is 18.5 Å². The molecule has 0 aliphatic heterocycles. The van der Waals surface area contributed by atoms with Crippen molar-refractivity contribution in [2.75, 3.05) is 5.32 Å². The van der Waals surface area contributed by atoms with E-state index in [2.05, 4.69) is 10.3 Å². The van der Waals surface area contributed by atoms with Crippen molar-refractivity contribution >= 4 is 27.0 Å². The van der Waals surface area contributed by atoms with Crippen LogP contribution in [0, 0.1) is 17.0 Å². The number of nitro benzene ring substituents is 1. The zero-order chi connectivity index (χ0) is 18.2. The summed E-state index contributed by atoms with van der Waals surface area (Å²) in [6, 6.07) is 9.17. The van der Waals surface area contributed by atoms with E-state index in [4.69, 9.17) is 5.14 Å². The number of nitro groups is 1. The number of nitrogens with zero attached hydrogens (tertiary/aromatic N) is 3. The molecule has 10 heteroatoms. The number of primary sulfonamides is 1. The van der Waals surface area contributed by atoms with Gasteiger partial charge in [0.1, 0.15) is 10.5 Å². The Morgan fingerprint density at radius 2 is 2.08 bits per heavy atom. The highest BCUT2D eigenvalue weighted by atomic mass is 32.2. The summed E-state index contributed by atoms with van der Waals surface area (Å²) < 4.78 is 25.4. The number of hydrogen-bond donors (Lipinski definition) is 2. The van der Waals surface area contributed by atoms with Crippen LogP contribution in [0.5, 0.6) is 0 Å². The summed E-state index contributed by atoms with van der Waals surface area (Å²) in [6.45, 7) is 2.18. The van der Waals surface area contributed by atoms with Crippen molar-refractivity contribution in [2.45, 2.75) is 18.4 Å². The number of aryl methyl sites for hydroxylation is 1. The highest BCUT2D eigenvalue weighted by molar-refractivity contribution is 7.89. The maximum absolute atomic E-state index is 11.7. The number of benzene rings is 1. The molecule has 3 rings (SSSR count). The minimum Gasteiger partial charge on any atom is -0.378 e. The number of anilines is 1. The Morgan fingerprint density at radius 1 is 1.32 bits per heavy atom. The summed E-state index contributed by atoms with van der Waals surface area (Å²) in [5, 5.41) is 18.9. The van der Waals surface area contributed by atoms with E-state index in [1.165, 1.54) is 12.1 Å². The maximum Gasteiger partial charge on any atom is 0.270 e. The second kappa shape index (κ2) is 6.15. The second-order valence-electron chi connectivity index (χ2n) is 5.46. The Morgan fingerprint density at radius 3 is 2.72 bits per heavy atom. The smallest absolute Gasteiger partial charge is 0.270 e. The molecule has 1 aromatic carbocycles. The topological polar surface area (TPSA) is 133 Å². The third-order valence-corrected chi connectivity index (χ3v) is 4.64. The van der Waals surface area contributed by atoms with E-state index >= 15 is 0 Å². The van der Waals surface area contributed by atoms with Crippen LogP contribution < -0.4 is 10.5 Å². The first kappa shape index (κ1) is 16.9. The number of hydrogen-bond acceptors (Lipinski definition) is 6. The van der Waals surface area contributed by atoms with Gasteiger partial charge in [0.25, 0.3) is 5.69 Å². The van der Waals surface area contributed by atoms with E-state index in [0.29, 0.717) is 5.69 Å². The highest BCUT2D eigenvalue weighted by Gasteiger charge is 2.19. The Balaban J connectivity index is 1.91. The van der Waals surface area contributed by atoms with Crippen molar-refractivity contribution in [3.8, 4) is 0 Å². The van der Waals surface area contributed by atoms with Gasteiger partial charge in [0.2, 0.25) is 10.0 Å². The molecule has 0 radical (unpaired) electrons. The molecular weight excluding hydrogens is 346 g/mol. The molecule has 3 N–H and O–H groups in total. The number of nitrogens with two attached hydrogens (primary N) is 1. The van der Waals surface area contributed by atoms with Crippen LogP contribution >= 0.6 is 0 Å². The average Bonchev–Trinajstić information content (AvgIpc) is 2.96. The van der Waals surface area contributed by atoms with E-state index in [1.54, 1.807) is 0 Å². The van der Waals surface area contributed by atoms with Gasteiger partial charge < -0.3 is 9.72 Å². The lowest BCUT2D eigenvalue weighted by Gasteiger charge is -2.09. The molecule has 0 spiro atoms. The minimum atomic E-state index is -4.12. The molecule has 2 heterocycles. The number of sulfonamides is 1. The first-order valence-corrected chi connectivity index (χ1v) is 8.79. The molecule has 0 saturated heterocycles. The summed E-state index contributed by atoms with van der Waals surface area (Å²) in [7, 11) is -4.12. The highest BCUT2D eigenvalue weighted by Crippen LogP contribution is 2.26. The molecule has 0 aliphatic carbocycles. The van der Waals surface area contributed by atoms with Crippen LogP contribution in [0.15, 0.2) is 47.5 Å². The summed E-state index contributed by atoms with van der Waals surface area (Å²) in [6.07, 6.45) is 1.83. The predicted molar refractivity (Wildman–Crippen MR) is 91.7 cm³/mol. The molecule has 0 saturated carbocycles. The van der Waals surface area contributed by atoms with Gasteiger partial charge in [-0.2, -0.15) is 0 Å². The molecule has 0 amide bonds. The van der Waals surface area contributed by atoms with Crippen LogP contribution in [0.2, 0.25) is 0 Å². The monoisotopic (exact) mass is 361 g/mol. The molecular formula is C15H15N5O4S. The number of non-ortho nitro benzene ring substituents is 1. The number of aromatic nitrogens is 2. The lowest BCUT2D eigenvalue weighted by molar-refractivity contribution is -0.385. The number of nitrogens with one attached hydrogen (secondary N) is 1. The van der Waals surface area contributed by atoms with Crippen molar-refractivity contribution in [1.82, 2.24) is 9.38 Å². The van der Waals surface area contributed by atoms with E-state index < -0.39 is 14.9 Å². The summed E-state index contributed by atoms with van der Waals surface area (Å²) >= 11 is 0. The lowest BCUT2D eigenvalue weighted by Crippen LogP contribution is -2.15. The van der Waals surface area contributed by atoms with E-state index in [9.17, 15) is 18.5 Å². The lowest BCUT2D eigenvalue weighted by atomic mass is 10.2. The second-order valence-corrected chi connectivity index (χ2v) is 6.99. The summed E-state index contributed by atoms with van der Waals surface area (Å²) in [5.41, 5.74) is 2.30. The molecule has 130 valence electrons. The zero-order valence-electron chi connectivity index (χ0n) is 13.2. The Labute approximate surface area is 143 Å². The van der Waals surface area contributed by atoms with Crippen molar-refractivity contribution in [2.24, 2.45) is 5.14 Å². The van der Waals surface area contributed by atoms with Crippen molar-refractivity contribution in [3.05, 3.63) is 64.1 Å². The molecule has 0 atom stereocenters. The SMILES string of the molecule is Cc1cccc2nc(CNc3ccc([N+](=O)[O-])cc3S(N)(=O)=O)cn12. The maximum atomic E-state index is 11.7. The van der Waals surface area contributed by atoms with Crippen LogP contribution in [0.3, 0.4) is 0 Å². The number of rotatable bonds is 5. The zero-order valence-corrected chi connectivity index (χ0v) is 14.0. The van der Waals surface area contributed by atoms with Gasteiger partial charge in [0.05, 0.1) is 22.8 Å². The Kier molecular flexibility index (Phi) is 4.15. The quantitative estimate of drug-likeness (QED) is 0.526. The van der Waals surface area contributed by atoms with Gasteiger partial charge in [-0.05, 0) is 25.1 Å². The molecule has 25 heavy (non-hydrogen) atoms. The number of pyridine rings is 1. The van der Waals surface area contributed by atoms with Crippen LogP contribution in [0.25, 0.3) is 5.65 Å². The minimum absolute atomic E-state index is 0.182. The van der Waals surface area contributed by atoms with Crippen molar-refractivity contribution < 1.29 is 13.3 Å². The van der Waals surface area contributed by atoms with Gasteiger partial charge in [0, 0.05) is 24.0 Å². The number of imidazole rings is 1. The molecule has 0 aliphatic rings. The first-order valence-electron chi connectivity index (χ1n) is 7.24. The van der Waals surface area contributed by atoms with Crippen LogP contribution in [0.1, 0.15) is 11.4 Å². The van der Waals surface area contributed by atoms with Crippen LogP contribution in [-0.2, 0) is 16.6 Å². The van der Waals surface area contributed by atoms with Gasteiger partial charge in [0.15, 0.2) is 0 Å². The molecule has 3 aromatic rings. The summed E-state index contributed by atoms with van der Waals surface area (Å²) in [4.78, 5) is 14.3. The van der Waals surface area contributed by atoms with E-state index in [1.807, 2.05) is 35.7 Å².